The monoisotopic (exact) mass is 434 g/mol. The molecular formula is C20H26N4O5S. The number of nitrogens with zero attached hydrogens (tertiary/aromatic N) is 4. The van der Waals surface area contributed by atoms with Crippen molar-refractivity contribution in [1.82, 2.24) is 19.0 Å². The minimum Gasteiger partial charge on any atom is -0.454 e. The van der Waals surface area contributed by atoms with E-state index in [1.54, 1.807) is 25.1 Å². The van der Waals surface area contributed by atoms with Crippen LogP contribution in [0.25, 0.3) is 11.0 Å². The number of fused-ring (bicyclic) bond motifs is 1. The van der Waals surface area contributed by atoms with Crippen LogP contribution in [0, 0.1) is 6.92 Å². The van der Waals surface area contributed by atoms with Crippen molar-refractivity contribution in [1.29, 1.82) is 0 Å². The SMILES string of the molecule is CCCn1c(COC(=O)c2c(CC)noc2C)nc2cc(S(=O)(=O)N(C)C)ccc21. The van der Waals surface area contributed by atoms with Crippen LogP contribution in [-0.2, 0) is 34.3 Å². The second-order valence-corrected chi connectivity index (χ2v) is 9.26. The Morgan fingerprint density at radius 2 is 2.00 bits per heavy atom. The van der Waals surface area contributed by atoms with Crippen LogP contribution in [0.4, 0.5) is 0 Å². The van der Waals surface area contributed by atoms with Gasteiger partial charge in [0.2, 0.25) is 10.0 Å². The van der Waals surface area contributed by atoms with Gasteiger partial charge in [0.15, 0.2) is 0 Å². The molecule has 1 aromatic carbocycles. The number of carbonyl (C=O) groups is 1. The summed E-state index contributed by atoms with van der Waals surface area (Å²) in [5.74, 6) is 0.445. The predicted molar refractivity (Wildman–Crippen MR) is 111 cm³/mol. The molecule has 0 unspecified atom stereocenters. The van der Waals surface area contributed by atoms with E-state index in [1.165, 1.54) is 14.1 Å². The molecule has 2 aromatic heterocycles. The lowest BCUT2D eigenvalue weighted by Gasteiger charge is -2.11. The molecule has 0 radical (unpaired) electrons. The lowest BCUT2D eigenvalue weighted by atomic mass is 10.1. The molecule has 0 bridgehead atoms. The summed E-state index contributed by atoms with van der Waals surface area (Å²) < 4.78 is 38.6. The van der Waals surface area contributed by atoms with E-state index in [0.717, 1.165) is 16.2 Å². The molecule has 0 N–H and O–H groups in total. The molecule has 30 heavy (non-hydrogen) atoms. The van der Waals surface area contributed by atoms with Gasteiger partial charge in [-0.05, 0) is 38.0 Å². The van der Waals surface area contributed by atoms with Crippen molar-refractivity contribution in [3.05, 3.63) is 41.0 Å². The molecule has 0 fully saturated rings. The molecule has 3 aromatic rings. The van der Waals surface area contributed by atoms with Crippen molar-refractivity contribution >= 4 is 27.0 Å². The predicted octanol–water partition coefficient (Wildman–Crippen LogP) is 2.91. The molecule has 10 heteroatoms. The van der Waals surface area contributed by atoms with Crippen LogP contribution in [0.15, 0.2) is 27.6 Å². The van der Waals surface area contributed by atoms with E-state index in [1.807, 2.05) is 18.4 Å². The van der Waals surface area contributed by atoms with E-state index in [9.17, 15) is 13.2 Å². The lowest BCUT2D eigenvalue weighted by molar-refractivity contribution is 0.0455. The Balaban J connectivity index is 1.94. The molecule has 2 heterocycles. The van der Waals surface area contributed by atoms with Gasteiger partial charge >= 0.3 is 5.97 Å². The van der Waals surface area contributed by atoms with Crippen LogP contribution in [0.3, 0.4) is 0 Å². The minimum absolute atomic E-state index is 0.0446. The zero-order valence-electron chi connectivity index (χ0n) is 17.8. The number of rotatable bonds is 8. The highest BCUT2D eigenvalue weighted by Gasteiger charge is 2.23. The maximum atomic E-state index is 12.6. The molecule has 9 nitrogen and oxygen atoms in total. The zero-order chi connectivity index (χ0) is 22.1. The number of sulfonamides is 1. The quantitative estimate of drug-likeness (QED) is 0.502. The van der Waals surface area contributed by atoms with Crippen LogP contribution in [-0.4, -0.2) is 47.5 Å². The maximum Gasteiger partial charge on any atom is 0.344 e. The third kappa shape index (κ3) is 3.97. The Labute approximate surface area is 175 Å². The summed E-state index contributed by atoms with van der Waals surface area (Å²) in [6.07, 6.45) is 1.40. The van der Waals surface area contributed by atoms with Gasteiger partial charge in [-0.15, -0.1) is 0 Å². The number of carbonyl (C=O) groups excluding carboxylic acids is 1. The Morgan fingerprint density at radius 3 is 2.63 bits per heavy atom. The zero-order valence-corrected chi connectivity index (χ0v) is 18.6. The van der Waals surface area contributed by atoms with Gasteiger partial charge in [-0.2, -0.15) is 0 Å². The summed E-state index contributed by atoms with van der Waals surface area (Å²) in [6, 6.07) is 4.84. The van der Waals surface area contributed by atoms with Crippen LogP contribution < -0.4 is 0 Å². The molecule has 0 saturated carbocycles. The number of aryl methyl sites for hydroxylation is 3. The molecule has 3 rings (SSSR count). The van der Waals surface area contributed by atoms with Crippen LogP contribution in [0.1, 0.15) is 47.9 Å². The Hall–Kier alpha value is -2.72. The Bertz CT molecular complexity index is 1180. The molecule has 162 valence electrons. The van der Waals surface area contributed by atoms with Crippen molar-refractivity contribution in [2.45, 2.75) is 51.7 Å². The van der Waals surface area contributed by atoms with E-state index >= 15 is 0 Å². The molecular weight excluding hydrogens is 408 g/mol. The van der Waals surface area contributed by atoms with Gasteiger partial charge in [0.1, 0.15) is 23.8 Å². The van der Waals surface area contributed by atoms with Crippen molar-refractivity contribution < 1.29 is 22.5 Å². The number of esters is 1. The normalized spacial score (nSPS) is 12.1. The summed E-state index contributed by atoms with van der Waals surface area (Å²) in [6.45, 7) is 6.20. The van der Waals surface area contributed by atoms with Gasteiger partial charge in [0.25, 0.3) is 0 Å². The van der Waals surface area contributed by atoms with Crippen LogP contribution >= 0.6 is 0 Å². The largest absolute Gasteiger partial charge is 0.454 e. The number of hydrogen-bond donors (Lipinski definition) is 0. The first-order valence-electron chi connectivity index (χ1n) is 9.74. The van der Waals surface area contributed by atoms with Crippen molar-refractivity contribution in [3.8, 4) is 0 Å². The lowest BCUT2D eigenvalue weighted by Crippen LogP contribution is -2.22. The molecule has 0 aliphatic carbocycles. The number of benzene rings is 1. The topological polar surface area (TPSA) is 108 Å². The fraction of sp³-hybridized carbons (Fsp3) is 0.450. The number of ether oxygens (including phenoxy) is 1. The van der Waals surface area contributed by atoms with Crippen molar-refractivity contribution in [3.63, 3.8) is 0 Å². The summed E-state index contributed by atoms with van der Waals surface area (Å²) in [4.78, 5) is 17.3. The Kier molecular flexibility index (Phi) is 6.27. The van der Waals surface area contributed by atoms with Gasteiger partial charge in [0, 0.05) is 20.6 Å². The summed E-state index contributed by atoms with van der Waals surface area (Å²) in [7, 11) is -0.604. The first-order valence-corrected chi connectivity index (χ1v) is 11.2. The standard InChI is InChI=1S/C20H26N4O5S/c1-6-10-24-17-9-8-14(30(26,27)23(4)5)11-16(17)21-18(24)12-28-20(25)19-13(3)29-22-15(19)7-2/h8-9,11H,6-7,10,12H2,1-5H3. The first-order chi connectivity index (χ1) is 14.2. The molecule has 0 spiro atoms. The molecule has 0 saturated heterocycles. The Morgan fingerprint density at radius 1 is 1.27 bits per heavy atom. The van der Waals surface area contributed by atoms with Crippen molar-refractivity contribution in [2.24, 2.45) is 0 Å². The fourth-order valence-electron chi connectivity index (χ4n) is 3.24. The number of aromatic nitrogens is 3. The summed E-state index contributed by atoms with van der Waals surface area (Å²) >= 11 is 0. The summed E-state index contributed by atoms with van der Waals surface area (Å²) in [5.41, 5.74) is 2.22. The average molecular weight is 435 g/mol. The van der Waals surface area contributed by atoms with E-state index in [4.69, 9.17) is 9.26 Å². The third-order valence-electron chi connectivity index (χ3n) is 4.83. The minimum atomic E-state index is -3.57. The van der Waals surface area contributed by atoms with Gasteiger partial charge in [-0.3, -0.25) is 0 Å². The van der Waals surface area contributed by atoms with E-state index < -0.39 is 16.0 Å². The van der Waals surface area contributed by atoms with E-state index in [-0.39, 0.29) is 11.5 Å². The second kappa shape index (κ2) is 8.57. The first kappa shape index (κ1) is 22.0. The van der Waals surface area contributed by atoms with Gasteiger partial charge in [-0.1, -0.05) is 19.0 Å². The molecule has 0 aliphatic rings. The maximum absolute atomic E-state index is 12.6. The average Bonchev–Trinajstić information content (AvgIpc) is 3.26. The second-order valence-electron chi connectivity index (χ2n) is 7.11. The highest BCUT2D eigenvalue weighted by Crippen LogP contribution is 2.23. The van der Waals surface area contributed by atoms with E-state index in [2.05, 4.69) is 10.1 Å². The molecule has 0 atom stereocenters. The third-order valence-corrected chi connectivity index (χ3v) is 6.64. The van der Waals surface area contributed by atoms with Crippen LogP contribution in [0.5, 0.6) is 0 Å². The molecule has 0 amide bonds. The highest BCUT2D eigenvalue weighted by molar-refractivity contribution is 7.89. The van der Waals surface area contributed by atoms with E-state index in [0.29, 0.717) is 41.3 Å². The fourth-order valence-corrected chi connectivity index (χ4v) is 4.16. The summed E-state index contributed by atoms with van der Waals surface area (Å²) in [5, 5.41) is 3.88. The van der Waals surface area contributed by atoms with Crippen molar-refractivity contribution in [2.75, 3.05) is 14.1 Å². The van der Waals surface area contributed by atoms with Gasteiger partial charge < -0.3 is 13.8 Å². The molecule has 0 aliphatic heterocycles. The number of hydrogen-bond acceptors (Lipinski definition) is 7. The van der Waals surface area contributed by atoms with Gasteiger partial charge in [0.05, 0.1) is 21.6 Å². The van der Waals surface area contributed by atoms with Crippen LogP contribution in [0.2, 0.25) is 0 Å². The highest BCUT2D eigenvalue weighted by atomic mass is 32.2. The van der Waals surface area contributed by atoms with Gasteiger partial charge in [-0.25, -0.2) is 22.5 Å². The smallest absolute Gasteiger partial charge is 0.344 e. The number of imidazole rings is 1.